The summed E-state index contributed by atoms with van der Waals surface area (Å²) in [6, 6.07) is 8.85. The van der Waals surface area contributed by atoms with Gasteiger partial charge in [0, 0.05) is 16.7 Å². The van der Waals surface area contributed by atoms with Crippen LogP contribution in [-0.4, -0.2) is 11.8 Å². The molecule has 1 rings (SSSR count). The van der Waals surface area contributed by atoms with Crippen molar-refractivity contribution in [1.29, 1.82) is 0 Å². The molecule has 0 bridgehead atoms. The number of hydrazine groups is 1. The second-order valence-corrected chi connectivity index (χ2v) is 4.29. The van der Waals surface area contributed by atoms with Crippen LogP contribution in [0.3, 0.4) is 0 Å². The third kappa shape index (κ3) is 3.81. The highest BCUT2D eigenvalue weighted by molar-refractivity contribution is 7.99. The molecule has 13 heavy (non-hydrogen) atoms. The topological polar surface area (TPSA) is 38.0 Å². The van der Waals surface area contributed by atoms with Crippen LogP contribution in [0.2, 0.25) is 0 Å². The normalized spacial score (nSPS) is 12.8. The average molecular weight is 196 g/mol. The Kier molecular flexibility index (Phi) is 4.28. The first kappa shape index (κ1) is 10.6. The molecule has 0 aliphatic rings. The van der Waals surface area contributed by atoms with Crippen LogP contribution in [0.1, 0.15) is 12.5 Å². The van der Waals surface area contributed by atoms with Crippen LogP contribution in [-0.2, 0) is 0 Å². The lowest BCUT2D eigenvalue weighted by molar-refractivity contribution is 0.625. The summed E-state index contributed by atoms with van der Waals surface area (Å²) >= 11 is 1.82. The van der Waals surface area contributed by atoms with E-state index >= 15 is 0 Å². The van der Waals surface area contributed by atoms with Gasteiger partial charge in [0.15, 0.2) is 0 Å². The van der Waals surface area contributed by atoms with Crippen LogP contribution in [0, 0.1) is 6.92 Å². The summed E-state index contributed by atoms with van der Waals surface area (Å²) in [6.07, 6.45) is 0. The number of hydrogen-bond donors (Lipinski definition) is 2. The first-order chi connectivity index (χ1) is 6.22. The van der Waals surface area contributed by atoms with E-state index in [0.717, 1.165) is 5.75 Å². The summed E-state index contributed by atoms with van der Waals surface area (Å²) in [7, 11) is 0. The molecular weight excluding hydrogens is 180 g/mol. The number of hydrogen-bond acceptors (Lipinski definition) is 3. The predicted molar refractivity (Wildman–Crippen MR) is 58.7 cm³/mol. The SMILES string of the molecule is Cc1cccc(SCC(C)NN)c1. The Morgan fingerprint density at radius 1 is 1.54 bits per heavy atom. The Morgan fingerprint density at radius 2 is 2.31 bits per heavy atom. The Balaban J connectivity index is 2.45. The second kappa shape index (κ2) is 5.27. The molecule has 0 saturated carbocycles. The molecule has 1 aromatic carbocycles. The monoisotopic (exact) mass is 196 g/mol. The number of aryl methyl sites for hydroxylation is 1. The van der Waals surface area contributed by atoms with Crippen molar-refractivity contribution in [3.63, 3.8) is 0 Å². The summed E-state index contributed by atoms with van der Waals surface area (Å²) in [5.74, 6) is 6.30. The lowest BCUT2D eigenvalue weighted by Gasteiger charge is -2.08. The van der Waals surface area contributed by atoms with E-state index in [1.807, 2.05) is 11.8 Å². The molecule has 1 atom stereocenters. The highest BCUT2D eigenvalue weighted by Gasteiger charge is 1.99. The van der Waals surface area contributed by atoms with Crippen LogP contribution in [0.4, 0.5) is 0 Å². The first-order valence-electron chi connectivity index (χ1n) is 4.38. The summed E-state index contributed by atoms with van der Waals surface area (Å²) in [6.45, 7) is 4.18. The van der Waals surface area contributed by atoms with E-state index in [4.69, 9.17) is 5.84 Å². The van der Waals surface area contributed by atoms with Gasteiger partial charge in [-0.25, -0.2) is 0 Å². The molecule has 0 aliphatic heterocycles. The molecule has 1 unspecified atom stereocenters. The smallest absolute Gasteiger partial charge is 0.0276 e. The first-order valence-corrected chi connectivity index (χ1v) is 5.36. The van der Waals surface area contributed by atoms with Crippen molar-refractivity contribution in [3.8, 4) is 0 Å². The van der Waals surface area contributed by atoms with Gasteiger partial charge in [-0.2, -0.15) is 0 Å². The van der Waals surface area contributed by atoms with Gasteiger partial charge in [0.05, 0.1) is 0 Å². The Bertz CT molecular complexity index is 263. The summed E-state index contributed by atoms with van der Waals surface area (Å²) in [5.41, 5.74) is 4.03. The highest BCUT2D eigenvalue weighted by Crippen LogP contribution is 2.19. The maximum Gasteiger partial charge on any atom is 0.0276 e. The lowest BCUT2D eigenvalue weighted by atomic mass is 10.2. The van der Waals surface area contributed by atoms with Crippen molar-refractivity contribution in [3.05, 3.63) is 29.8 Å². The van der Waals surface area contributed by atoms with Gasteiger partial charge >= 0.3 is 0 Å². The largest absolute Gasteiger partial charge is 0.271 e. The van der Waals surface area contributed by atoms with Crippen LogP contribution in [0.5, 0.6) is 0 Å². The standard InChI is InChI=1S/C10H16N2S/c1-8-4-3-5-10(6-8)13-7-9(2)12-11/h3-6,9,12H,7,11H2,1-2H3. The lowest BCUT2D eigenvalue weighted by Crippen LogP contribution is -2.34. The maximum atomic E-state index is 5.30. The van der Waals surface area contributed by atoms with E-state index < -0.39 is 0 Å². The van der Waals surface area contributed by atoms with E-state index in [9.17, 15) is 0 Å². The van der Waals surface area contributed by atoms with Gasteiger partial charge in [-0.3, -0.25) is 11.3 Å². The van der Waals surface area contributed by atoms with Crippen molar-refractivity contribution in [2.75, 3.05) is 5.75 Å². The van der Waals surface area contributed by atoms with Crippen LogP contribution < -0.4 is 11.3 Å². The van der Waals surface area contributed by atoms with Crippen LogP contribution in [0.15, 0.2) is 29.2 Å². The minimum atomic E-state index is 0.352. The van der Waals surface area contributed by atoms with Gasteiger partial charge in [0.25, 0.3) is 0 Å². The van der Waals surface area contributed by atoms with Gasteiger partial charge in [0.1, 0.15) is 0 Å². The number of rotatable bonds is 4. The maximum absolute atomic E-state index is 5.30. The minimum absolute atomic E-state index is 0.352. The number of nitrogens with two attached hydrogens (primary N) is 1. The molecule has 0 amide bonds. The van der Waals surface area contributed by atoms with Gasteiger partial charge in [-0.05, 0) is 26.0 Å². The minimum Gasteiger partial charge on any atom is -0.271 e. The molecule has 0 radical (unpaired) electrons. The fourth-order valence-corrected chi connectivity index (χ4v) is 1.96. The van der Waals surface area contributed by atoms with Crippen LogP contribution in [0.25, 0.3) is 0 Å². The van der Waals surface area contributed by atoms with E-state index in [2.05, 4.69) is 43.5 Å². The molecule has 3 heteroatoms. The molecular formula is C10H16N2S. The Hall–Kier alpha value is -0.510. The molecule has 0 heterocycles. The molecule has 0 saturated heterocycles. The zero-order chi connectivity index (χ0) is 9.68. The van der Waals surface area contributed by atoms with E-state index in [1.165, 1.54) is 10.5 Å². The Labute approximate surface area is 83.9 Å². The molecule has 2 nitrogen and oxygen atoms in total. The molecule has 72 valence electrons. The summed E-state index contributed by atoms with van der Waals surface area (Å²) in [4.78, 5) is 1.31. The quantitative estimate of drug-likeness (QED) is 0.439. The number of thioether (sulfide) groups is 1. The number of benzene rings is 1. The molecule has 3 N–H and O–H groups in total. The number of nitrogens with one attached hydrogen (secondary N) is 1. The third-order valence-corrected chi connectivity index (χ3v) is 3.03. The van der Waals surface area contributed by atoms with Crippen molar-refractivity contribution in [1.82, 2.24) is 5.43 Å². The second-order valence-electron chi connectivity index (χ2n) is 3.20. The molecule has 0 fully saturated rings. The van der Waals surface area contributed by atoms with Gasteiger partial charge in [-0.15, -0.1) is 11.8 Å². The van der Waals surface area contributed by atoms with Crippen molar-refractivity contribution < 1.29 is 0 Å². The molecule has 0 spiro atoms. The highest BCUT2D eigenvalue weighted by atomic mass is 32.2. The summed E-state index contributed by atoms with van der Waals surface area (Å²) in [5, 5.41) is 0. The van der Waals surface area contributed by atoms with Gasteiger partial charge in [-0.1, -0.05) is 17.7 Å². The van der Waals surface area contributed by atoms with Crippen molar-refractivity contribution in [2.45, 2.75) is 24.8 Å². The van der Waals surface area contributed by atoms with Gasteiger partial charge in [0.2, 0.25) is 0 Å². The van der Waals surface area contributed by atoms with Crippen molar-refractivity contribution in [2.24, 2.45) is 5.84 Å². The Morgan fingerprint density at radius 3 is 2.92 bits per heavy atom. The van der Waals surface area contributed by atoms with E-state index in [0.29, 0.717) is 6.04 Å². The summed E-state index contributed by atoms with van der Waals surface area (Å²) < 4.78 is 0. The zero-order valence-electron chi connectivity index (χ0n) is 8.08. The predicted octanol–water partition coefficient (Wildman–Crippen LogP) is 1.94. The molecule has 1 aromatic rings. The fourth-order valence-electron chi connectivity index (χ4n) is 0.974. The van der Waals surface area contributed by atoms with Gasteiger partial charge < -0.3 is 0 Å². The van der Waals surface area contributed by atoms with E-state index in [1.54, 1.807) is 0 Å². The molecule has 0 aliphatic carbocycles. The zero-order valence-corrected chi connectivity index (χ0v) is 8.90. The average Bonchev–Trinajstić information content (AvgIpc) is 2.14. The van der Waals surface area contributed by atoms with E-state index in [-0.39, 0.29) is 0 Å². The molecule has 0 aromatic heterocycles. The van der Waals surface area contributed by atoms with Crippen LogP contribution >= 0.6 is 11.8 Å². The third-order valence-electron chi connectivity index (χ3n) is 1.77. The van der Waals surface area contributed by atoms with Crippen molar-refractivity contribution >= 4 is 11.8 Å². The fraction of sp³-hybridized carbons (Fsp3) is 0.400.